The Morgan fingerprint density at radius 2 is 2.13 bits per heavy atom. The van der Waals surface area contributed by atoms with Gasteiger partial charge in [0.05, 0.1) is 16.4 Å². The van der Waals surface area contributed by atoms with Crippen LogP contribution in [0.4, 0.5) is 4.39 Å². The van der Waals surface area contributed by atoms with Crippen LogP contribution in [-0.2, 0) is 16.4 Å². The monoisotopic (exact) mass is 353 g/mol. The summed E-state index contributed by atoms with van der Waals surface area (Å²) in [6.07, 6.45) is 0.425. The molecule has 1 aliphatic rings. The lowest BCUT2D eigenvalue weighted by atomic mass is 10.1. The zero-order chi connectivity index (χ0) is 16.4. The third-order valence-electron chi connectivity index (χ3n) is 3.88. The number of halogens is 1. The fourth-order valence-corrected chi connectivity index (χ4v) is 5.17. The van der Waals surface area contributed by atoms with Crippen molar-refractivity contribution in [2.45, 2.75) is 19.0 Å². The Morgan fingerprint density at radius 1 is 1.30 bits per heavy atom. The summed E-state index contributed by atoms with van der Waals surface area (Å²) < 4.78 is 36.9. The number of carbonyl (C=O) groups is 1. The first-order valence-corrected chi connectivity index (χ1v) is 9.94. The summed E-state index contributed by atoms with van der Waals surface area (Å²) in [6, 6.07) is 9.18. The molecule has 0 spiro atoms. The van der Waals surface area contributed by atoms with Gasteiger partial charge < -0.3 is 4.90 Å². The molecule has 1 atom stereocenters. The number of benzene rings is 1. The highest BCUT2D eigenvalue weighted by Crippen LogP contribution is 2.24. The van der Waals surface area contributed by atoms with Gasteiger partial charge in [0.1, 0.15) is 5.82 Å². The molecular weight excluding hydrogens is 337 g/mol. The Balaban J connectivity index is 1.88. The van der Waals surface area contributed by atoms with E-state index < -0.39 is 9.84 Å². The second-order valence-electron chi connectivity index (χ2n) is 5.60. The highest BCUT2D eigenvalue weighted by molar-refractivity contribution is 7.91. The molecule has 0 saturated carbocycles. The molecule has 1 saturated heterocycles. The number of amides is 1. The van der Waals surface area contributed by atoms with Gasteiger partial charge in [-0.15, -0.1) is 11.3 Å². The maximum Gasteiger partial charge on any atom is 0.264 e. The van der Waals surface area contributed by atoms with Crippen molar-refractivity contribution in [3.63, 3.8) is 0 Å². The van der Waals surface area contributed by atoms with Crippen molar-refractivity contribution in [2.24, 2.45) is 0 Å². The predicted molar refractivity (Wildman–Crippen MR) is 87.7 cm³/mol. The van der Waals surface area contributed by atoms with E-state index in [1.807, 2.05) is 0 Å². The Hall–Kier alpha value is -1.73. The van der Waals surface area contributed by atoms with Crippen LogP contribution in [0.2, 0.25) is 0 Å². The third-order valence-corrected chi connectivity index (χ3v) is 6.49. The van der Waals surface area contributed by atoms with Crippen LogP contribution in [0.3, 0.4) is 0 Å². The van der Waals surface area contributed by atoms with Gasteiger partial charge in [-0.2, -0.15) is 0 Å². The van der Waals surface area contributed by atoms with Crippen LogP contribution in [0.15, 0.2) is 41.8 Å². The second kappa shape index (κ2) is 6.41. The van der Waals surface area contributed by atoms with E-state index >= 15 is 0 Å². The topological polar surface area (TPSA) is 54.5 Å². The van der Waals surface area contributed by atoms with Gasteiger partial charge in [-0.05, 0) is 35.6 Å². The third kappa shape index (κ3) is 3.79. The summed E-state index contributed by atoms with van der Waals surface area (Å²) in [6.45, 7) is 0.203. The molecule has 0 radical (unpaired) electrons. The van der Waals surface area contributed by atoms with E-state index in [4.69, 9.17) is 0 Å². The van der Waals surface area contributed by atoms with E-state index in [0.29, 0.717) is 16.9 Å². The smallest absolute Gasteiger partial charge is 0.264 e. The van der Waals surface area contributed by atoms with E-state index in [1.165, 1.54) is 23.5 Å². The van der Waals surface area contributed by atoms with Crippen LogP contribution in [0.25, 0.3) is 0 Å². The summed E-state index contributed by atoms with van der Waals surface area (Å²) in [4.78, 5) is 14.9. The maximum atomic E-state index is 13.4. The number of rotatable bonds is 4. The summed E-state index contributed by atoms with van der Waals surface area (Å²) in [5.41, 5.74) is 0.652. The molecule has 2 aromatic rings. The minimum absolute atomic E-state index is 0.0283. The fourth-order valence-electron chi connectivity index (χ4n) is 2.76. The maximum absolute atomic E-state index is 13.4. The Kier molecular flexibility index (Phi) is 4.50. The first-order valence-electron chi connectivity index (χ1n) is 7.24. The molecule has 23 heavy (non-hydrogen) atoms. The van der Waals surface area contributed by atoms with Gasteiger partial charge in [0.2, 0.25) is 0 Å². The van der Waals surface area contributed by atoms with Crippen molar-refractivity contribution in [3.05, 3.63) is 58.0 Å². The van der Waals surface area contributed by atoms with Gasteiger partial charge in [-0.1, -0.05) is 18.2 Å². The summed E-state index contributed by atoms with van der Waals surface area (Å²) in [5, 5.41) is 1.80. The van der Waals surface area contributed by atoms with Crippen molar-refractivity contribution >= 4 is 27.1 Å². The quantitative estimate of drug-likeness (QED) is 0.849. The number of hydrogen-bond donors (Lipinski definition) is 0. The van der Waals surface area contributed by atoms with Crippen molar-refractivity contribution in [1.29, 1.82) is 0 Å². The van der Waals surface area contributed by atoms with E-state index in [2.05, 4.69) is 0 Å². The summed E-state index contributed by atoms with van der Waals surface area (Å²) >= 11 is 1.32. The van der Waals surface area contributed by atoms with E-state index in [1.54, 1.807) is 34.5 Å². The lowest BCUT2D eigenvalue weighted by Gasteiger charge is -2.28. The van der Waals surface area contributed by atoms with Crippen molar-refractivity contribution < 1.29 is 17.6 Å². The number of carbonyl (C=O) groups excluding carboxylic acids is 1. The molecule has 0 unspecified atom stereocenters. The first kappa shape index (κ1) is 16.1. The van der Waals surface area contributed by atoms with Crippen LogP contribution in [-0.4, -0.2) is 36.8 Å². The van der Waals surface area contributed by atoms with Gasteiger partial charge in [-0.3, -0.25) is 4.79 Å². The van der Waals surface area contributed by atoms with Gasteiger partial charge >= 0.3 is 0 Å². The molecule has 0 aliphatic carbocycles. The van der Waals surface area contributed by atoms with Gasteiger partial charge in [-0.25, -0.2) is 12.8 Å². The Labute approximate surface area is 138 Å². The number of sulfone groups is 1. The standard InChI is InChI=1S/C16H16FNO3S2/c17-13-4-1-3-12(9-13)10-18(14-6-8-23(20,21)11-14)16(19)15-5-2-7-22-15/h1-5,7,9,14H,6,8,10-11H2/t14-/m1/s1. The molecule has 7 heteroatoms. The van der Waals surface area contributed by atoms with Crippen molar-refractivity contribution in [1.82, 2.24) is 4.90 Å². The minimum Gasteiger partial charge on any atom is -0.330 e. The average molecular weight is 353 g/mol. The van der Waals surface area contributed by atoms with Crippen molar-refractivity contribution in [3.8, 4) is 0 Å². The second-order valence-corrected chi connectivity index (χ2v) is 8.77. The minimum atomic E-state index is -3.11. The highest BCUT2D eigenvalue weighted by Gasteiger charge is 2.35. The van der Waals surface area contributed by atoms with Crippen LogP contribution in [0.5, 0.6) is 0 Å². The van der Waals surface area contributed by atoms with Gasteiger partial charge in [0.25, 0.3) is 5.91 Å². The molecule has 1 fully saturated rings. The van der Waals surface area contributed by atoms with E-state index in [9.17, 15) is 17.6 Å². The molecule has 0 bridgehead atoms. The zero-order valence-electron chi connectivity index (χ0n) is 12.3. The SMILES string of the molecule is O=C(c1cccs1)N(Cc1cccc(F)c1)[C@@H]1CCS(=O)(=O)C1. The summed E-state index contributed by atoms with van der Waals surface area (Å²) in [7, 11) is -3.11. The molecular formula is C16H16FNO3S2. The van der Waals surface area contributed by atoms with Gasteiger partial charge in [0.15, 0.2) is 9.84 Å². The Bertz CT molecular complexity index is 802. The van der Waals surface area contributed by atoms with Crippen LogP contribution >= 0.6 is 11.3 Å². The van der Waals surface area contributed by atoms with Crippen molar-refractivity contribution in [2.75, 3.05) is 11.5 Å². The van der Waals surface area contributed by atoms with Crippen LogP contribution in [0.1, 0.15) is 21.7 Å². The molecule has 122 valence electrons. The lowest BCUT2D eigenvalue weighted by molar-refractivity contribution is 0.0686. The highest BCUT2D eigenvalue weighted by atomic mass is 32.2. The molecule has 4 nitrogen and oxygen atoms in total. The average Bonchev–Trinajstić information content (AvgIpc) is 3.13. The van der Waals surface area contributed by atoms with Gasteiger partial charge in [0, 0.05) is 12.6 Å². The zero-order valence-corrected chi connectivity index (χ0v) is 13.9. The fraction of sp³-hybridized carbons (Fsp3) is 0.312. The molecule has 1 amide bonds. The van der Waals surface area contributed by atoms with E-state index in [-0.39, 0.29) is 35.8 Å². The molecule has 3 rings (SSSR count). The molecule has 1 aliphatic heterocycles. The molecule has 1 aromatic carbocycles. The van der Waals surface area contributed by atoms with Crippen LogP contribution in [0, 0.1) is 5.82 Å². The lowest BCUT2D eigenvalue weighted by Crippen LogP contribution is -2.40. The normalized spacial score (nSPS) is 19.6. The number of nitrogens with zero attached hydrogens (tertiary/aromatic N) is 1. The molecule has 1 aromatic heterocycles. The predicted octanol–water partition coefficient (Wildman–Crippen LogP) is 2.72. The van der Waals surface area contributed by atoms with Crippen LogP contribution < -0.4 is 0 Å². The molecule has 2 heterocycles. The number of thiophene rings is 1. The number of hydrogen-bond acceptors (Lipinski definition) is 4. The van der Waals surface area contributed by atoms with E-state index in [0.717, 1.165) is 0 Å². The Morgan fingerprint density at radius 3 is 2.74 bits per heavy atom. The largest absolute Gasteiger partial charge is 0.330 e. The molecule has 0 N–H and O–H groups in total. The first-order chi connectivity index (χ1) is 10.9. The summed E-state index contributed by atoms with van der Waals surface area (Å²) in [5.74, 6) is -0.509.